The fraction of sp³-hybridized carbons (Fsp3) is 1.00. The molecule has 0 aliphatic carbocycles. The van der Waals surface area contributed by atoms with Gasteiger partial charge in [0, 0.05) is 6.61 Å². The maximum absolute atomic E-state index is 12.5. The van der Waals surface area contributed by atoms with Crippen LogP contribution in [-0.4, -0.2) is 18.9 Å². The highest BCUT2D eigenvalue weighted by atomic mass is 19.4. The van der Waals surface area contributed by atoms with Crippen LogP contribution < -0.4 is 0 Å². The summed E-state index contributed by atoms with van der Waals surface area (Å²) in [4.78, 5) is 0. The molecule has 0 N–H and O–H groups in total. The summed E-state index contributed by atoms with van der Waals surface area (Å²) < 4.78 is 42.8. The molecule has 0 rings (SSSR count). The van der Waals surface area contributed by atoms with Crippen LogP contribution in [-0.2, 0) is 4.74 Å². The molecule has 0 saturated heterocycles. The number of hydrogen-bond donors (Lipinski definition) is 0. The van der Waals surface area contributed by atoms with Crippen LogP contribution in [0.15, 0.2) is 0 Å². The normalized spacial score (nSPS) is 15.0. The van der Waals surface area contributed by atoms with Crippen molar-refractivity contribution < 1.29 is 17.9 Å². The van der Waals surface area contributed by atoms with Crippen molar-refractivity contribution in [2.45, 2.75) is 52.8 Å². The van der Waals surface area contributed by atoms with Gasteiger partial charge in [0.25, 0.3) is 0 Å². The largest absolute Gasteiger partial charge is 0.392 e. The highest BCUT2D eigenvalue weighted by molar-refractivity contribution is 4.70. The van der Waals surface area contributed by atoms with E-state index in [0.717, 1.165) is 0 Å². The average Bonchev–Trinajstić information content (AvgIpc) is 1.99. The summed E-state index contributed by atoms with van der Waals surface area (Å²) in [7, 11) is 0. The van der Waals surface area contributed by atoms with E-state index in [0.29, 0.717) is 13.0 Å². The minimum absolute atomic E-state index is 0.0911. The molecule has 0 fully saturated rings. The topological polar surface area (TPSA) is 9.23 Å². The van der Waals surface area contributed by atoms with Gasteiger partial charge in [-0.1, -0.05) is 13.8 Å². The molecule has 0 heterocycles. The van der Waals surface area contributed by atoms with E-state index in [1.54, 1.807) is 13.8 Å². The first kappa shape index (κ1) is 14.8. The van der Waals surface area contributed by atoms with Gasteiger partial charge < -0.3 is 4.74 Å². The van der Waals surface area contributed by atoms with E-state index in [4.69, 9.17) is 4.74 Å². The zero-order chi connectivity index (χ0) is 12.1. The SMILES string of the molecule is CC(C)OCCC[C@H](C(C)C)C(F)(F)F. The maximum Gasteiger partial charge on any atom is 0.392 e. The van der Waals surface area contributed by atoms with E-state index in [9.17, 15) is 13.2 Å². The zero-order valence-electron chi connectivity index (χ0n) is 9.90. The van der Waals surface area contributed by atoms with E-state index in [2.05, 4.69) is 0 Å². The van der Waals surface area contributed by atoms with E-state index in [1.807, 2.05) is 13.8 Å². The van der Waals surface area contributed by atoms with Gasteiger partial charge in [0.1, 0.15) is 0 Å². The van der Waals surface area contributed by atoms with Crippen molar-refractivity contribution in [1.82, 2.24) is 0 Å². The first-order chi connectivity index (χ1) is 6.75. The van der Waals surface area contributed by atoms with Crippen molar-refractivity contribution in [3.8, 4) is 0 Å². The number of hydrogen-bond acceptors (Lipinski definition) is 1. The van der Waals surface area contributed by atoms with Crippen molar-refractivity contribution >= 4 is 0 Å². The summed E-state index contributed by atoms with van der Waals surface area (Å²) in [6, 6.07) is 0. The van der Waals surface area contributed by atoms with E-state index >= 15 is 0 Å². The number of halogens is 3. The predicted molar refractivity (Wildman–Crippen MR) is 54.7 cm³/mol. The van der Waals surface area contributed by atoms with Crippen molar-refractivity contribution in [3.63, 3.8) is 0 Å². The van der Waals surface area contributed by atoms with Crippen LogP contribution in [0.2, 0.25) is 0 Å². The van der Waals surface area contributed by atoms with Crippen LogP contribution in [0.25, 0.3) is 0 Å². The van der Waals surface area contributed by atoms with Gasteiger partial charge in [-0.2, -0.15) is 13.2 Å². The highest BCUT2D eigenvalue weighted by Crippen LogP contribution is 2.35. The Balaban J connectivity index is 3.89. The lowest BCUT2D eigenvalue weighted by Gasteiger charge is -2.23. The van der Waals surface area contributed by atoms with Crippen LogP contribution in [0.4, 0.5) is 13.2 Å². The van der Waals surface area contributed by atoms with Gasteiger partial charge in [-0.25, -0.2) is 0 Å². The minimum Gasteiger partial charge on any atom is -0.379 e. The van der Waals surface area contributed by atoms with E-state index in [1.165, 1.54) is 0 Å². The van der Waals surface area contributed by atoms with Gasteiger partial charge in [-0.15, -0.1) is 0 Å². The van der Waals surface area contributed by atoms with Crippen LogP contribution in [0.5, 0.6) is 0 Å². The number of rotatable bonds is 6. The molecule has 0 aromatic heterocycles. The fourth-order valence-electron chi connectivity index (χ4n) is 1.50. The lowest BCUT2D eigenvalue weighted by molar-refractivity contribution is -0.188. The molecule has 0 saturated carbocycles. The molecule has 1 nitrogen and oxygen atoms in total. The first-order valence-corrected chi connectivity index (χ1v) is 5.43. The highest BCUT2D eigenvalue weighted by Gasteiger charge is 2.40. The Morgan fingerprint density at radius 3 is 1.93 bits per heavy atom. The van der Waals surface area contributed by atoms with Gasteiger partial charge in [-0.3, -0.25) is 0 Å². The van der Waals surface area contributed by atoms with Crippen LogP contribution in [0.3, 0.4) is 0 Å². The summed E-state index contributed by atoms with van der Waals surface area (Å²) in [6.07, 6.45) is -3.35. The van der Waals surface area contributed by atoms with Gasteiger partial charge >= 0.3 is 6.18 Å². The van der Waals surface area contributed by atoms with Gasteiger partial charge in [-0.05, 0) is 32.6 Å². The Morgan fingerprint density at radius 2 is 1.60 bits per heavy atom. The minimum atomic E-state index is -4.08. The van der Waals surface area contributed by atoms with E-state index in [-0.39, 0.29) is 18.4 Å². The van der Waals surface area contributed by atoms with Crippen LogP contribution in [0.1, 0.15) is 40.5 Å². The monoisotopic (exact) mass is 226 g/mol. The molecule has 0 aliphatic rings. The maximum atomic E-state index is 12.5. The third-order valence-corrected chi connectivity index (χ3v) is 2.34. The van der Waals surface area contributed by atoms with Gasteiger partial charge in [0.2, 0.25) is 0 Å². The second-order valence-corrected chi connectivity index (χ2v) is 4.45. The Bertz CT molecular complexity index is 164. The molecule has 0 radical (unpaired) electrons. The Labute approximate surface area is 90.0 Å². The summed E-state index contributed by atoms with van der Waals surface area (Å²) in [5, 5.41) is 0. The van der Waals surface area contributed by atoms with Crippen molar-refractivity contribution in [2.75, 3.05) is 6.61 Å². The lowest BCUT2D eigenvalue weighted by atomic mass is 9.91. The molecular weight excluding hydrogens is 205 g/mol. The zero-order valence-corrected chi connectivity index (χ0v) is 9.90. The van der Waals surface area contributed by atoms with Gasteiger partial charge in [0.15, 0.2) is 0 Å². The third-order valence-electron chi connectivity index (χ3n) is 2.34. The molecule has 0 aromatic carbocycles. The number of alkyl halides is 3. The molecule has 0 unspecified atom stereocenters. The molecule has 1 atom stereocenters. The molecule has 0 bridgehead atoms. The summed E-state index contributed by atoms with van der Waals surface area (Å²) in [6.45, 7) is 7.40. The Kier molecular flexibility index (Phi) is 6.25. The van der Waals surface area contributed by atoms with Crippen molar-refractivity contribution in [3.05, 3.63) is 0 Å². The second kappa shape index (κ2) is 6.36. The van der Waals surface area contributed by atoms with E-state index < -0.39 is 12.1 Å². The van der Waals surface area contributed by atoms with Gasteiger partial charge in [0.05, 0.1) is 12.0 Å². The standard InChI is InChI=1S/C11H21F3O/c1-8(2)10(11(12,13)14)6-5-7-15-9(3)4/h8-10H,5-7H2,1-4H3/t10-/m1/s1. The summed E-state index contributed by atoms with van der Waals surface area (Å²) >= 11 is 0. The molecular formula is C11H21F3O. The van der Waals surface area contributed by atoms with Crippen LogP contribution >= 0.6 is 0 Å². The summed E-state index contributed by atoms with van der Waals surface area (Å²) in [5.74, 6) is -1.56. The quantitative estimate of drug-likeness (QED) is 0.621. The van der Waals surface area contributed by atoms with Crippen molar-refractivity contribution in [2.24, 2.45) is 11.8 Å². The molecule has 0 aliphatic heterocycles. The Hall–Kier alpha value is -0.250. The molecule has 0 amide bonds. The smallest absolute Gasteiger partial charge is 0.379 e. The lowest BCUT2D eigenvalue weighted by Crippen LogP contribution is -2.28. The second-order valence-electron chi connectivity index (χ2n) is 4.45. The Morgan fingerprint density at radius 1 is 1.07 bits per heavy atom. The molecule has 0 spiro atoms. The first-order valence-electron chi connectivity index (χ1n) is 5.43. The summed E-state index contributed by atoms with van der Waals surface area (Å²) in [5.41, 5.74) is 0. The third kappa shape index (κ3) is 6.77. The van der Waals surface area contributed by atoms with Crippen molar-refractivity contribution in [1.29, 1.82) is 0 Å². The van der Waals surface area contributed by atoms with Crippen LogP contribution in [0, 0.1) is 11.8 Å². The molecule has 0 aromatic rings. The number of ether oxygens (including phenoxy) is 1. The molecule has 4 heteroatoms. The fourth-order valence-corrected chi connectivity index (χ4v) is 1.50. The average molecular weight is 226 g/mol. The predicted octanol–water partition coefficient (Wildman–Crippen LogP) is 4.03. The molecule has 92 valence electrons. The molecule has 15 heavy (non-hydrogen) atoms.